The Hall–Kier alpha value is -0.980. The number of carbonyl (C=O) groups excluding carboxylic acids is 1. The highest BCUT2D eigenvalue weighted by Crippen LogP contribution is 2.37. The van der Waals surface area contributed by atoms with Crippen molar-refractivity contribution in [2.24, 2.45) is 4.99 Å². The summed E-state index contributed by atoms with van der Waals surface area (Å²) in [7, 11) is 0. The topological polar surface area (TPSA) is 57.2 Å². The highest BCUT2D eigenvalue weighted by molar-refractivity contribution is 5.96. The molecule has 3 heterocycles. The number of hydrogen-bond donors (Lipinski definition) is 1. The van der Waals surface area contributed by atoms with Crippen LogP contribution in [0.5, 0.6) is 0 Å². The number of hydrogen-bond acceptors (Lipinski definition) is 4. The van der Waals surface area contributed by atoms with E-state index < -0.39 is 0 Å². The third kappa shape index (κ3) is 3.00. The van der Waals surface area contributed by atoms with Crippen molar-refractivity contribution in [3.63, 3.8) is 0 Å². The minimum absolute atomic E-state index is 0.0635. The van der Waals surface area contributed by atoms with Gasteiger partial charge in [0.25, 0.3) is 0 Å². The van der Waals surface area contributed by atoms with E-state index in [0.29, 0.717) is 18.7 Å². The molecule has 0 aromatic rings. The molecule has 0 bridgehead atoms. The first-order valence-corrected chi connectivity index (χ1v) is 9.67. The second-order valence-electron chi connectivity index (χ2n) is 7.99. The van der Waals surface area contributed by atoms with E-state index in [2.05, 4.69) is 22.4 Å². The highest BCUT2D eigenvalue weighted by Gasteiger charge is 2.50. The standard InChI is InChI=1S/C18H30N4O2/c1-14-11-18(8-9-21(14)20-15-5-3-2-4-6-15)13-19-17(23)22(18)16-7-10-24-12-16/h13-16,20H,2-12H2,1H3. The molecule has 2 saturated heterocycles. The van der Waals surface area contributed by atoms with Crippen molar-refractivity contribution in [2.75, 3.05) is 19.8 Å². The lowest BCUT2D eigenvalue weighted by molar-refractivity contribution is 0.00593. The summed E-state index contributed by atoms with van der Waals surface area (Å²) < 4.78 is 5.53. The van der Waals surface area contributed by atoms with E-state index in [0.717, 1.165) is 32.4 Å². The maximum absolute atomic E-state index is 12.4. The quantitative estimate of drug-likeness (QED) is 0.861. The fourth-order valence-electron chi connectivity index (χ4n) is 4.99. The van der Waals surface area contributed by atoms with Gasteiger partial charge < -0.3 is 9.64 Å². The van der Waals surface area contributed by atoms with Crippen LogP contribution in [0.4, 0.5) is 4.79 Å². The molecular formula is C18H30N4O2. The molecule has 3 unspecified atom stereocenters. The number of amides is 2. The fraction of sp³-hybridized carbons (Fsp3) is 0.889. The van der Waals surface area contributed by atoms with Gasteiger partial charge in [-0.15, -0.1) is 0 Å². The average molecular weight is 334 g/mol. The average Bonchev–Trinajstić information content (AvgIpc) is 3.20. The van der Waals surface area contributed by atoms with Crippen molar-refractivity contribution in [1.82, 2.24) is 15.3 Å². The highest BCUT2D eigenvalue weighted by atomic mass is 16.5. The summed E-state index contributed by atoms with van der Waals surface area (Å²) >= 11 is 0. The zero-order valence-corrected chi connectivity index (χ0v) is 14.7. The number of aliphatic imine (C=N–C) groups is 1. The normalized spacial score (nSPS) is 38.5. The zero-order chi connectivity index (χ0) is 16.6. The molecule has 0 aromatic heterocycles. The van der Waals surface area contributed by atoms with Gasteiger partial charge in [-0.05, 0) is 39.0 Å². The lowest BCUT2D eigenvalue weighted by Crippen LogP contribution is -2.63. The van der Waals surface area contributed by atoms with Gasteiger partial charge >= 0.3 is 6.03 Å². The van der Waals surface area contributed by atoms with Gasteiger partial charge in [0.05, 0.1) is 18.2 Å². The Bertz CT molecular complexity index is 499. The van der Waals surface area contributed by atoms with E-state index in [1.165, 1.54) is 32.1 Å². The first-order valence-electron chi connectivity index (χ1n) is 9.67. The first kappa shape index (κ1) is 16.5. The number of carbonyl (C=O) groups is 1. The molecule has 1 saturated carbocycles. The van der Waals surface area contributed by atoms with Gasteiger partial charge in [0.2, 0.25) is 0 Å². The SMILES string of the molecule is CC1CC2(C=NC(=O)N2C2CCOC2)CCN1NC1CCCCC1. The molecule has 6 nitrogen and oxygen atoms in total. The van der Waals surface area contributed by atoms with Crippen LogP contribution in [0.2, 0.25) is 0 Å². The van der Waals surface area contributed by atoms with Gasteiger partial charge in [0.15, 0.2) is 0 Å². The summed E-state index contributed by atoms with van der Waals surface area (Å²) in [5.74, 6) is 0. The van der Waals surface area contributed by atoms with E-state index in [1.807, 2.05) is 11.1 Å². The van der Waals surface area contributed by atoms with Gasteiger partial charge in [-0.2, -0.15) is 0 Å². The molecule has 3 aliphatic heterocycles. The van der Waals surface area contributed by atoms with E-state index in [1.54, 1.807) is 0 Å². The molecule has 24 heavy (non-hydrogen) atoms. The van der Waals surface area contributed by atoms with E-state index in [-0.39, 0.29) is 17.6 Å². The van der Waals surface area contributed by atoms with E-state index in [9.17, 15) is 4.79 Å². The molecule has 1 N–H and O–H groups in total. The lowest BCUT2D eigenvalue weighted by Gasteiger charge is -2.49. The molecule has 4 rings (SSSR count). The van der Waals surface area contributed by atoms with Gasteiger partial charge in [0.1, 0.15) is 0 Å². The van der Waals surface area contributed by atoms with Crippen LogP contribution in [0.25, 0.3) is 0 Å². The van der Waals surface area contributed by atoms with Gasteiger partial charge in [0, 0.05) is 31.4 Å². The zero-order valence-electron chi connectivity index (χ0n) is 14.7. The maximum atomic E-state index is 12.4. The summed E-state index contributed by atoms with van der Waals surface area (Å²) in [6.45, 7) is 4.67. The second kappa shape index (κ2) is 6.73. The summed E-state index contributed by atoms with van der Waals surface area (Å²) in [6.07, 6.45) is 11.5. The number of ether oxygens (including phenoxy) is 1. The smallest absolute Gasteiger partial charge is 0.344 e. The van der Waals surface area contributed by atoms with Crippen molar-refractivity contribution in [1.29, 1.82) is 0 Å². The Labute approximate surface area is 144 Å². The van der Waals surface area contributed by atoms with Crippen LogP contribution >= 0.6 is 0 Å². The van der Waals surface area contributed by atoms with Crippen molar-refractivity contribution in [3.05, 3.63) is 0 Å². The molecule has 4 aliphatic rings. The maximum Gasteiger partial charge on any atom is 0.344 e. The van der Waals surface area contributed by atoms with Crippen molar-refractivity contribution < 1.29 is 9.53 Å². The van der Waals surface area contributed by atoms with Crippen LogP contribution in [0, 0.1) is 0 Å². The number of urea groups is 1. The third-order valence-corrected chi connectivity index (χ3v) is 6.29. The number of nitrogens with zero attached hydrogens (tertiary/aromatic N) is 3. The predicted octanol–water partition coefficient (Wildman–Crippen LogP) is 2.34. The third-order valence-electron chi connectivity index (χ3n) is 6.29. The van der Waals surface area contributed by atoms with Crippen LogP contribution in [0.15, 0.2) is 4.99 Å². The Morgan fingerprint density at radius 1 is 1.29 bits per heavy atom. The largest absolute Gasteiger partial charge is 0.379 e. The Kier molecular flexibility index (Phi) is 4.62. The lowest BCUT2D eigenvalue weighted by atomic mass is 9.83. The van der Waals surface area contributed by atoms with Crippen LogP contribution < -0.4 is 5.43 Å². The molecule has 6 heteroatoms. The summed E-state index contributed by atoms with van der Waals surface area (Å²) in [6, 6.07) is 1.17. The summed E-state index contributed by atoms with van der Waals surface area (Å²) in [4.78, 5) is 18.6. The van der Waals surface area contributed by atoms with Gasteiger partial charge in [-0.25, -0.2) is 14.8 Å². The van der Waals surface area contributed by atoms with Crippen molar-refractivity contribution in [2.45, 2.75) is 82.0 Å². The molecule has 0 radical (unpaired) electrons. The number of piperidine rings is 1. The fourth-order valence-corrected chi connectivity index (χ4v) is 4.99. The number of nitrogens with one attached hydrogen (secondary N) is 1. The predicted molar refractivity (Wildman–Crippen MR) is 93.1 cm³/mol. The molecule has 3 fully saturated rings. The van der Waals surface area contributed by atoms with E-state index in [4.69, 9.17) is 4.74 Å². The van der Waals surface area contributed by atoms with Crippen LogP contribution in [-0.2, 0) is 4.74 Å². The Morgan fingerprint density at radius 3 is 2.83 bits per heavy atom. The van der Waals surface area contributed by atoms with Crippen molar-refractivity contribution in [3.8, 4) is 0 Å². The van der Waals surface area contributed by atoms with Crippen LogP contribution in [-0.4, -0.2) is 65.6 Å². The monoisotopic (exact) mass is 334 g/mol. The van der Waals surface area contributed by atoms with Crippen LogP contribution in [0.3, 0.4) is 0 Å². The van der Waals surface area contributed by atoms with Gasteiger partial charge in [-0.3, -0.25) is 5.43 Å². The van der Waals surface area contributed by atoms with Crippen LogP contribution in [0.1, 0.15) is 58.3 Å². The molecule has 2 amide bonds. The summed E-state index contributed by atoms with van der Waals surface area (Å²) in [5.41, 5.74) is 3.58. The molecular weight excluding hydrogens is 304 g/mol. The first-order chi connectivity index (χ1) is 11.7. The van der Waals surface area contributed by atoms with Gasteiger partial charge in [-0.1, -0.05) is 19.3 Å². The minimum atomic E-state index is -0.195. The summed E-state index contributed by atoms with van der Waals surface area (Å²) in [5, 5.41) is 2.42. The molecule has 134 valence electrons. The molecule has 0 aromatic carbocycles. The Morgan fingerprint density at radius 2 is 2.12 bits per heavy atom. The minimum Gasteiger partial charge on any atom is -0.379 e. The van der Waals surface area contributed by atoms with Crippen molar-refractivity contribution >= 4 is 12.2 Å². The Balaban J connectivity index is 1.42. The number of hydrazine groups is 1. The molecule has 1 aliphatic carbocycles. The second-order valence-corrected chi connectivity index (χ2v) is 7.99. The molecule has 3 atom stereocenters. The molecule has 1 spiro atoms. The number of rotatable bonds is 3. The van der Waals surface area contributed by atoms with E-state index >= 15 is 0 Å².